The monoisotopic (exact) mass is 294 g/mol. The van der Waals surface area contributed by atoms with Crippen molar-refractivity contribution in [3.63, 3.8) is 0 Å². The lowest BCUT2D eigenvalue weighted by molar-refractivity contribution is -0.132. The van der Waals surface area contributed by atoms with Crippen molar-refractivity contribution in [2.45, 2.75) is 52.1 Å². The third kappa shape index (κ3) is 3.93. The predicted molar refractivity (Wildman–Crippen MR) is 80.6 cm³/mol. The van der Waals surface area contributed by atoms with Gasteiger partial charge in [-0.05, 0) is 32.3 Å². The van der Waals surface area contributed by atoms with Crippen molar-refractivity contribution in [1.29, 1.82) is 0 Å². The lowest BCUT2D eigenvalue weighted by Crippen LogP contribution is -2.30. The number of amides is 1. The molecule has 0 aromatic carbocycles. The van der Waals surface area contributed by atoms with Crippen LogP contribution in [0.25, 0.3) is 0 Å². The molecule has 0 spiro atoms. The smallest absolute Gasteiger partial charge is 0.226 e. The maximum Gasteiger partial charge on any atom is 0.226 e. The molecule has 0 fully saturated rings. The number of oxime groups is 1. The number of rotatable bonds is 5. The van der Waals surface area contributed by atoms with Gasteiger partial charge in [0.1, 0.15) is 11.9 Å². The standard InChI is InChI=1S/C16H23FN2O2/c1-4-7-19(3)16(20)10-12-9-15(18-21-12)13-6-5-11(2)8-14(13)17/h8,12H,4-7,9-10H2,1-3H3. The summed E-state index contributed by atoms with van der Waals surface area (Å²) in [4.78, 5) is 19.0. The van der Waals surface area contributed by atoms with E-state index in [-0.39, 0.29) is 17.8 Å². The Balaban J connectivity index is 1.92. The van der Waals surface area contributed by atoms with Crippen LogP contribution in [0.4, 0.5) is 4.39 Å². The number of nitrogens with zero attached hydrogens (tertiary/aromatic N) is 2. The van der Waals surface area contributed by atoms with Gasteiger partial charge in [-0.15, -0.1) is 0 Å². The van der Waals surface area contributed by atoms with E-state index < -0.39 is 0 Å². The Morgan fingerprint density at radius 3 is 2.95 bits per heavy atom. The van der Waals surface area contributed by atoms with Gasteiger partial charge in [0.2, 0.25) is 5.91 Å². The van der Waals surface area contributed by atoms with E-state index >= 15 is 0 Å². The summed E-state index contributed by atoms with van der Waals surface area (Å²) in [7, 11) is 1.79. The first kappa shape index (κ1) is 15.7. The Morgan fingerprint density at radius 2 is 2.29 bits per heavy atom. The summed E-state index contributed by atoms with van der Waals surface area (Å²) in [5.74, 6) is -0.164. The van der Waals surface area contributed by atoms with Crippen molar-refractivity contribution in [1.82, 2.24) is 4.90 Å². The van der Waals surface area contributed by atoms with E-state index in [9.17, 15) is 9.18 Å². The summed E-state index contributed by atoms with van der Waals surface area (Å²) in [6, 6.07) is 0. The van der Waals surface area contributed by atoms with Crippen LogP contribution >= 0.6 is 0 Å². The van der Waals surface area contributed by atoms with Crippen molar-refractivity contribution in [3.05, 3.63) is 23.0 Å². The fourth-order valence-corrected chi connectivity index (χ4v) is 2.63. The van der Waals surface area contributed by atoms with Crippen LogP contribution in [0.1, 0.15) is 46.0 Å². The van der Waals surface area contributed by atoms with Gasteiger partial charge in [0.25, 0.3) is 0 Å². The molecule has 116 valence electrons. The maximum absolute atomic E-state index is 14.0. The molecule has 0 saturated carbocycles. The third-order valence-electron chi connectivity index (χ3n) is 3.90. The number of carbonyl (C=O) groups is 1. The van der Waals surface area contributed by atoms with Gasteiger partial charge >= 0.3 is 0 Å². The summed E-state index contributed by atoms with van der Waals surface area (Å²) in [5, 5.41) is 3.99. The molecule has 0 aromatic rings. The van der Waals surface area contributed by atoms with Crippen molar-refractivity contribution in [2.24, 2.45) is 5.16 Å². The molecular weight excluding hydrogens is 271 g/mol. The van der Waals surface area contributed by atoms with E-state index in [1.54, 1.807) is 18.0 Å². The molecule has 0 saturated heterocycles. The molecule has 1 atom stereocenters. The topological polar surface area (TPSA) is 41.9 Å². The zero-order chi connectivity index (χ0) is 15.4. The van der Waals surface area contributed by atoms with E-state index in [0.29, 0.717) is 30.5 Å². The van der Waals surface area contributed by atoms with E-state index in [0.717, 1.165) is 25.0 Å². The highest BCUT2D eigenvalue weighted by molar-refractivity contribution is 6.02. The second kappa shape index (κ2) is 6.87. The van der Waals surface area contributed by atoms with E-state index in [2.05, 4.69) is 5.16 Å². The fourth-order valence-electron chi connectivity index (χ4n) is 2.63. The summed E-state index contributed by atoms with van der Waals surface area (Å²) in [5.41, 5.74) is 2.34. The van der Waals surface area contributed by atoms with Crippen molar-refractivity contribution in [3.8, 4) is 0 Å². The minimum atomic E-state index is -0.265. The summed E-state index contributed by atoms with van der Waals surface area (Å²) in [6.07, 6.45) is 4.55. The van der Waals surface area contributed by atoms with Gasteiger partial charge in [0.05, 0.1) is 12.1 Å². The minimum Gasteiger partial charge on any atom is -0.391 e. The Morgan fingerprint density at radius 1 is 1.52 bits per heavy atom. The van der Waals surface area contributed by atoms with Crippen LogP contribution < -0.4 is 0 Å². The van der Waals surface area contributed by atoms with Crippen molar-refractivity contribution >= 4 is 11.6 Å². The SMILES string of the molecule is CCCN(C)C(=O)CC1CC(C2=C(F)C=C(C)CC2)=NO1. The van der Waals surface area contributed by atoms with Gasteiger partial charge in [-0.2, -0.15) is 0 Å². The molecule has 0 aromatic heterocycles. The van der Waals surface area contributed by atoms with Crippen LogP contribution in [0.15, 0.2) is 28.2 Å². The molecule has 5 heteroatoms. The number of hydrogen-bond acceptors (Lipinski definition) is 3. The van der Waals surface area contributed by atoms with E-state index in [4.69, 9.17) is 4.84 Å². The average Bonchev–Trinajstić information content (AvgIpc) is 2.87. The Bertz CT molecular complexity index is 508. The average molecular weight is 294 g/mol. The molecule has 1 heterocycles. The van der Waals surface area contributed by atoms with Gasteiger partial charge < -0.3 is 9.74 Å². The van der Waals surface area contributed by atoms with Crippen LogP contribution in [-0.4, -0.2) is 36.2 Å². The second-order valence-electron chi connectivity index (χ2n) is 5.81. The van der Waals surface area contributed by atoms with Crippen LogP contribution in [0, 0.1) is 0 Å². The number of halogens is 1. The number of carbonyl (C=O) groups excluding carboxylic acids is 1. The Hall–Kier alpha value is -1.65. The highest BCUT2D eigenvalue weighted by atomic mass is 19.1. The van der Waals surface area contributed by atoms with Gasteiger partial charge in [0.15, 0.2) is 0 Å². The molecule has 0 radical (unpaired) electrons. The van der Waals surface area contributed by atoms with Crippen LogP contribution in [0.3, 0.4) is 0 Å². The number of hydrogen-bond donors (Lipinski definition) is 0. The Kier molecular flexibility index (Phi) is 5.15. The van der Waals surface area contributed by atoms with Crippen molar-refractivity contribution in [2.75, 3.05) is 13.6 Å². The molecule has 2 rings (SSSR count). The first-order valence-electron chi connectivity index (χ1n) is 7.54. The second-order valence-corrected chi connectivity index (χ2v) is 5.81. The van der Waals surface area contributed by atoms with Gasteiger partial charge in [-0.1, -0.05) is 17.7 Å². The fraction of sp³-hybridized carbons (Fsp3) is 0.625. The van der Waals surface area contributed by atoms with Crippen LogP contribution in [0.5, 0.6) is 0 Å². The molecular formula is C16H23FN2O2. The predicted octanol–water partition coefficient (Wildman–Crippen LogP) is 3.35. The van der Waals surface area contributed by atoms with Gasteiger partial charge in [0, 0.05) is 25.6 Å². The Labute approximate surface area is 125 Å². The summed E-state index contributed by atoms with van der Waals surface area (Å²) in [6.45, 7) is 4.70. The zero-order valence-electron chi connectivity index (χ0n) is 13.0. The van der Waals surface area contributed by atoms with Crippen LogP contribution in [0.2, 0.25) is 0 Å². The van der Waals surface area contributed by atoms with Gasteiger partial charge in [-0.25, -0.2) is 4.39 Å². The quantitative estimate of drug-likeness (QED) is 0.780. The molecule has 1 aliphatic heterocycles. The lowest BCUT2D eigenvalue weighted by atomic mass is 9.92. The molecule has 21 heavy (non-hydrogen) atoms. The van der Waals surface area contributed by atoms with Gasteiger partial charge in [-0.3, -0.25) is 4.79 Å². The highest BCUT2D eigenvalue weighted by Crippen LogP contribution is 2.30. The largest absolute Gasteiger partial charge is 0.391 e. The normalized spacial score (nSPS) is 21.8. The molecule has 0 N–H and O–H groups in total. The molecule has 0 bridgehead atoms. The van der Waals surface area contributed by atoms with Crippen molar-refractivity contribution < 1.29 is 14.0 Å². The first-order chi connectivity index (χ1) is 10.0. The molecule has 1 unspecified atom stereocenters. The summed E-state index contributed by atoms with van der Waals surface area (Å²) < 4.78 is 14.0. The van der Waals surface area contributed by atoms with E-state index in [1.165, 1.54) is 0 Å². The maximum atomic E-state index is 14.0. The number of allylic oxidation sites excluding steroid dienone is 4. The molecule has 1 amide bonds. The molecule has 2 aliphatic rings. The third-order valence-corrected chi connectivity index (χ3v) is 3.90. The molecule has 4 nitrogen and oxygen atoms in total. The lowest BCUT2D eigenvalue weighted by Gasteiger charge is -2.17. The zero-order valence-corrected chi connectivity index (χ0v) is 13.0. The summed E-state index contributed by atoms with van der Waals surface area (Å²) >= 11 is 0. The molecule has 1 aliphatic carbocycles. The van der Waals surface area contributed by atoms with E-state index in [1.807, 2.05) is 13.8 Å². The first-order valence-corrected chi connectivity index (χ1v) is 7.54. The minimum absolute atomic E-state index is 0.0483. The van der Waals surface area contributed by atoms with Crippen LogP contribution in [-0.2, 0) is 9.63 Å². The highest BCUT2D eigenvalue weighted by Gasteiger charge is 2.29.